The van der Waals surface area contributed by atoms with Crippen molar-refractivity contribution in [2.75, 3.05) is 42.6 Å². The molecule has 0 spiro atoms. The number of hydrogen-bond donors (Lipinski definition) is 1. The zero-order valence-corrected chi connectivity index (χ0v) is 21.5. The molecule has 1 saturated heterocycles. The van der Waals surface area contributed by atoms with Gasteiger partial charge in [-0.05, 0) is 62.1 Å². The molecule has 0 aliphatic carbocycles. The Morgan fingerprint density at radius 2 is 1.71 bits per heavy atom. The summed E-state index contributed by atoms with van der Waals surface area (Å²) < 4.78 is 58.9. The van der Waals surface area contributed by atoms with Gasteiger partial charge in [0.15, 0.2) is 0 Å². The number of nitrogens with zero attached hydrogens (tertiary/aromatic N) is 2. The van der Waals surface area contributed by atoms with Crippen molar-refractivity contribution in [1.29, 1.82) is 0 Å². The molecular formula is C23H31N3O6S2. The molecule has 1 amide bonds. The Kier molecular flexibility index (Phi) is 7.89. The lowest BCUT2D eigenvalue weighted by Gasteiger charge is -2.26. The first kappa shape index (κ1) is 26.0. The van der Waals surface area contributed by atoms with Gasteiger partial charge in [0.1, 0.15) is 12.3 Å². The number of benzene rings is 2. The molecule has 0 bridgehead atoms. The predicted molar refractivity (Wildman–Crippen MR) is 132 cm³/mol. The quantitative estimate of drug-likeness (QED) is 0.586. The van der Waals surface area contributed by atoms with E-state index in [9.17, 15) is 21.6 Å². The summed E-state index contributed by atoms with van der Waals surface area (Å²) in [5.74, 6) is -0.360. The lowest BCUT2D eigenvalue weighted by molar-refractivity contribution is -0.114. The molecule has 0 saturated carbocycles. The summed E-state index contributed by atoms with van der Waals surface area (Å²) in [6, 6.07) is 9.62. The van der Waals surface area contributed by atoms with Crippen LogP contribution in [0.2, 0.25) is 0 Å². The summed E-state index contributed by atoms with van der Waals surface area (Å²) in [7, 11) is -6.09. The molecule has 3 rings (SSSR count). The average molecular weight is 510 g/mol. The minimum Gasteiger partial charge on any atom is -0.495 e. The van der Waals surface area contributed by atoms with Crippen molar-refractivity contribution in [2.45, 2.75) is 38.0 Å². The van der Waals surface area contributed by atoms with Crippen LogP contribution < -0.4 is 14.4 Å². The molecule has 1 heterocycles. The summed E-state index contributed by atoms with van der Waals surface area (Å²) in [5.41, 5.74) is 2.12. The van der Waals surface area contributed by atoms with Crippen LogP contribution in [0.25, 0.3) is 0 Å². The normalized spacial score (nSPS) is 15.1. The van der Waals surface area contributed by atoms with Gasteiger partial charge in [-0.1, -0.05) is 18.6 Å². The Morgan fingerprint density at radius 3 is 2.32 bits per heavy atom. The van der Waals surface area contributed by atoms with E-state index in [-0.39, 0.29) is 16.3 Å². The molecule has 2 aromatic rings. The van der Waals surface area contributed by atoms with E-state index in [1.165, 1.54) is 29.6 Å². The monoisotopic (exact) mass is 509 g/mol. The Balaban J connectivity index is 1.89. The number of amides is 1. The minimum absolute atomic E-state index is 0.0417. The number of ether oxygens (including phenoxy) is 1. The molecule has 186 valence electrons. The molecule has 1 fully saturated rings. The Hall–Kier alpha value is -2.63. The third kappa shape index (κ3) is 5.89. The predicted octanol–water partition coefficient (Wildman–Crippen LogP) is 2.89. The molecule has 1 aliphatic heterocycles. The number of anilines is 2. The van der Waals surface area contributed by atoms with E-state index in [0.29, 0.717) is 24.3 Å². The van der Waals surface area contributed by atoms with Gasteiger partial charge in [0.05, 0.1) is 29.6 Å². The number of carbonyl (C=O) groups is 1. The number of nitrogens with one attached hydrogen (secondary N) is 1. The summed E-state index contributed by atoms with van der Waals surface area (Å²) >= 11 is 0. The molecule has 2 aromatic carbocycles. The number of aryl methyl sites for hydroxylation is 2. The molecule has 34 heavy (non-hydrogen) atoms. The third-order valence-electron chi connectivity index (χ3n) is 5.72. The standard InChI is InChI=1S/C23H31N3O6S2/c1-17-8-9-18(2)21(14-17)26(33(4,28)29)16-23(27)24-20-15-19(10-11-22(20)32-3)34(30,31)25-12-6-5-7-13-25/h8-11,14-15H,5-7,12-13,16H2,1-4H3,(H,24,27). The number of methoxy groups -OCH3 is 1. The maximum Gasteiger partial charge on any atom is 0.245 e. The highest BCUT2D eigenvalue weighted by atomic mass is 32.2. The van der Waals surface area contributed by atoms with Gasteiger partial charge >= 0.3 is 0 Å². The number of rotatable bonds is 8. The number of sulfonamides is 2. The second-order valence-corrected chi connectivity index (χ2v) is 12.3. The third-order valence-corrected chi connectivity index (χ3v) is 8.74. The second kappa shape index (κ2) is 10.3. The molecular weight excluding hydrogens is 478 g/mol. The zero-order chi connectivity index (χ0) is 25.1. The van der Waals surface area contributed by atoms with E-state index in [4.69, 9.17) is 4.74 Å². The van der Waals surface area contributed by atoms with E-state index >= 15 is 0 Å². The first-order valence-corrected chi connectivity index (χ1v) is 14.3. The van der Waals surface area contributed by atoms with Crippen molar-refractivity contribution in [3.05, 3.63) is 47.5 Å². The van der Waals surface area contributed by atoms with E-state index in [1.54, 1.807) is 19.1 Å². The second-order valence-electron chi connectivity index (χ2n) is 8.43. The summed E-state index contributed by atoms with van der Waals surface area (Å²) in [6.07, 6.45) is 3.64. The van der Waals surface area contributed by atoms with Gasteiger partial charge in [-0.2, -0.15) is 4.31 Å². The van der Waals surface area contributed by atoms with Crippen molar-refractivity contribution >= 4 is 37.3 Å². The highest BCUT2D eigenvalue weighted by Gasteiger charge is 2.28. The number of piperidine rings is 1. The van der Waals surface area contributed by atoms with Crippen molar-refractivity contribution in [3.8, 4) is 5.75 Å². The van der Waals surface area contributed by atoms with Crippen LogP contribution in [0, 0.1) is 13.8 Å². The van der Waals surface area contributed by atoms with Crippen LogP contribution in [0.5, 0.6) is 5.75 Å². The molecule has 0 unspecified atom stereocenters. The molecule has 11 heteroatoms. The van der Waals surface area contributed by atoms with Gasteiger partial charge in [0.2, 0.25) is 26.0 Å². The van der Waals surface area contributed by atoms with Gasteiger partial charge in [0, 0.05) is 13.1 Å². The molecule has 1 aliphatic rings. The Bertz CT molecular complexity index is 1270. The van der Waals surface area contributed by atoms with Crippen LogP contribution in [-0.4, -0.2) is 60.0 Å². The maximum atomic E-state index is 13.1. The van der Waals surface area contributed by atoms with E-state index < -0.39 is 32.5 Å². The lowest BCUT2D eigenvalue weighted by Crippen LogP contribution is -2.38. The minimum atomic E-state index is -3.77. The Morgan fingerprint density at radius 1 is 1.03 bits per heavy atom. The van der Waals surface area contributed by atoms with Gasteiger partial charge in [-0.15, -0.1) is 0 Å². The van der Waals surface area contributed by atoms with Crippen LogP contribution in [0.15, 0.2) is 41.3 Å². The van der Waals surface area contributed by atoms with Crippen LogP contribution in [-0.2, 0) is 24.8 Å². The fourth-order valence-corrected chi connectivity index (χ4v) is 6.34. The van der Waals surface area contributed by atoms with Crippen LogP contribution >= 0.6 is 0 Å². The molecule has 0 atom stereocenters. The van der Waals surface area contributed by atoms with E-state index in [2.05, 4.69) is 5.32 Å². The van der Waals surface area contributed by atoms with Crippen molar-refractivity contribution in [1.82, 2.24) is 4.31 Å². The first-order chi connectivity index (χ1) is 15.9. The highest BCUT2D eigenvalue weighted by Crippen LogP contribution is 2.30. The van der Waals surface area contributed by atoms with Crippen LogP contribution in [0.1, 0.15) is 30.4 Å². The van der Waals surface area contributed by atoms with Crippen molar-refractivity contribution < 1.29 is 26.4 Å². The molecule has 0 aromatic heterocycles. The Labute approximate surface area is 201 Å². The van der Waals surface area contributed by atoms with E-state index in [0.717, 1.165) is 35.4 Å². The number of hydrogen-bond acceptors (Lipinski definition) is 6. The molecule has 9 nitrogen and oxygen atoms in total. The van der Waals surface area contributed by atoms with Crippen LogP contribution in [0.3, 0.4) is 0 Å². The number of carbonyl (C=O) groups excluding carboxylic acids is 1. The average Bonchev–Trinajstić information content (AvgIpc) is 2.79. The van der Waals surface area contributed by atoms with Crippen molar-refractivity contribution in [3.63, 3.8) is 0 Å². The maximum absolute atomic E-state index is 13.1. The van der Waals surface area contributed by atoms with Gasteiger partial charge in [-0.3, -0.25) is 9.10 Å². The van der Waals surface area contributed by atoms with Gasteiger partial charge in [0.25, 0.3) is 0 Å². The summed E-state index contributed by atoms with van der Waals surface area (Å²) in [4.78, 5) is 13.0. The topological polar surface area (TPSA) is 113 Å². The van der Waals surface area contributed by atoms with Gasteiger partial charge < -0.3 is 10.1 Å². The fraction of sp³-hybridized carbons (Fsp3) is 0.435. The smallest absolute Gasteiger partial charge is 0.245 e. The fourth-order valence-electron chi connectivity index (χ4n) is 3.89. The summed E-state index contributed by atoms with van der Waals surface area (Å²) in [5, 5.41) is 2.63. The van der Waals surface area contributed by atoms with Crippen molar-refractivity contribution in [2.24, 2.45) is 0 Å². The molecule has 1 N–H and O–H groups in total. The molecule has 0 radical (unpaired) electrons. The highest BCUT2D eigenvalue weighted by molar-refractivity contribution is 7.92. The van der Waals surface area contributed by atoms with E-state index in [1.807, 2.05) is 13.0 Å². The summed E-state index contributed by atoms with van der Waals surface area (Å²) in [6.45, 7) is 4.03. The lowest BCUT2D eigenvalue weighted by atomic mass is 10.1. The largest absolute Gasteiger partial charge is 0.495 e. The van der Waals surface area contributed by atoms with Crippen LogP contribution in [0.4, 0.5) is 11.4 Å². The SMILES string of the molecule is COc1ccc(S(=O)(=O)N2CCCCC2)cc1NC(=O)CN(c1cc(C)ccc1C)S(C)(=O)=O. The first-order valence-electron chi connectivity index (χ1n) is 11.0. The van der Waals surface area contributed by atoms with Gasteiger partial charge in [-0.25, -0.2) is 16.8 Å². The zero-order valence-electron chi connectivity index (χ0n) is 19.9.